The number of anilines is 1. The van der Waals surface area contributed by atoms with E-state index in [1.54, 1.807) is 36.7 Å². The van der Waals surface area contributed by atoms with Crippen molar-refractivity contribution in [2.24, 2.45) is 0 Å². The van der Waals surface area contributed by atoms with Gasteiger partial charge in [-0.25, -0.2) is 23.4 Å². The molecular weight excluding hydrogens is 390 g/mol. The van der Waals surface area contributed by atoms with Crippen LogP contribution in [-0.2, 0) is 14.6 Å². The van der Waals surface area contributed by atoms with E-state index < -0.39 is 9.84 Å². The van der Waals surface area contributed by atoms with E-state index in [0.717, 1.165) is 35.5 Å². The number of aromatic nitrogens is 4. The number of aryl methyl sites for hydroxylation is 1. The lowest BCUT2D eigenvalue weighted by Crippen LogP contribution is -2.21. The minimum atomic E-state index is -3.27. The highest BCUT2D eigenvalue weighted by Crippen LogP contribution is 2.35. The van der Waals surface area contributed by atoms with Gasteiger partial charge in [0.15, 0.2) is 9.84 Å². The van der Waals surface area contributed by atoms with E-state index in [-0.39, 0.29) is 16.9 Å². The Hall–Kier alpha value is -2.78. The highest BCUT2D eigenvalue weighted by Gasteiger charge is 2.23. The lowest BCUT2D eigenvalue weighted by Gasteiger charge is -2.26. The maximum atomic E-state index is 11.8. The van der Waals surface area contributed by atoms with Crippen LogP contribution in [0.1, 0.15) is 24.7 Å². The second-order valence-electron chi connectivity index (χ2n) is 7.19. The quantitative estimate of drug-likeness (QED) is 0.699. The van der Waals surface area contributed by atoms with Crippen LogP contribution >= 0.6 is 0 Å². The second-order valence-corrected chi connectivity index (χ2v) is 9.21. The van der Waals surface area contributed by atoms with Crippen molar-refractivity contribution in [3.05, 3.63) is 42.5 Å². The van der Waals surface area contributed by atoms with Crippen LogP contribution in [0.4, 0.5) is 5.95 Å². The fourth-order valence-electron chi connectivity index (χ4n) is 3.72. The fraction of sp³-hybridized carbons (Fsp3) is 0.350. The third kappa shape index (κ3) is 3.88. The van der Waals surface area contributed by atoms with Gasteiger partial charge in [0.25, 0.3) is 0 Å². The molecule has 3 aromatic rings. The predicted octanol–water partition coefficient (Wildman–Crippen LogP) is 2.65. The first-order valence-electron chi connectivity index (χ1n) is 9.39. The van der Waals surface area contributed by atoms with E-state index in [4.69, 9.17) is 10.5 Å². The van der Waals surface area contributed by atoms with Crippen LogP contribution in [0, 0.1) is 6.92 Å². The van der Waals surface area contributed by atoms with Gasteiger partial charge in [-0.05, 0) is 37.5 Å². The topological polar surface area (TPSA) is 113 Å². The number of imidazole rings is 1. The fourth-order valence-corrected chi connectivity index (χ4v) is 4.35. The normalized spacial score (nSPS) is 15.5. The molecule has 0 aliphatic carbocycles. The van der Waals surface area contributed by atoms with Crippen molar-refractivity contribution >= 4 is 15.8 Å². The van der Waals surface area contributed by atoms with Crippen molar-refractivity contribution in [1.29, 1.82) is 0 Å². The van der Waals surface area contributed by atoms with E-state index in [1.165, 1.54) is 6.26 Å². The highest BCUT2D eigenvalue weighted by molar-refractivity contribution is 7.90. The van der Waals surface area contributed by atoms with E-state index in [0.29, 0.717) is 18.9 Å². The number of nitrogens with zero attached hydrogens (tertiary/aromatic N) is 4. The molecule has 1 saturated heterocycles. The Morgan fingerprint density at radius 1 is 1.10 bits per heavy atom. The first-order chi connectivity index (χ1) is 13.8. The third-order valence-electron chi connectivity index (χ3n) is 5.18. The summed E-state index contributed by atoms with van der Waals surface area (Å²) >= 11 is 0. The first kappa shape index (κ1) is 19.5. The van der Waals surface area contributed by atoms with Crippen LogP contribution in [0.15, 0.2) is 41.6 Å². The smallest absolute Gasteiger partial charge is 0.220 e. The summed E-state index contributed by atoms with van der Waals surface area (Å²) in [5.74, 6) is 1.08. The number of hydrogen-bond acceptors (Lipinski definition) is 7. The molecule has 1 fully saturated rings. The molecule has 0 radical (unpaired) electrons. The van der Waals surface area contributed by atoms with Gasteiger partial charge in [-0.1, -0.05) is 12.1 Å². The van der Waals surface area contributed by atoms with E-state index >= 15 is 0 Å². The molecule has 1 aromatic carbocycles. The van der Waals surface area contributed by atoms with Gasteiger partial charge < -0.3 is 15.0 Å². The summed E-state index contributed by atoms with van der Waals surface area (Å²) in [6, 6.07) is 6.98. The largest absolute Gasteiger partial charge is 0.381 e. The van der Waals surface area contributed by atoms with Gasteiger partial charge in [0, 0.05) is 37.3 Å². The maximum Gasteiger partial charge on any atom is 0.220 e. The van der Waals surface area contributed by atoms with Crippen LogP contribution in [0.3, 0.4) is 0 Å². The summed E-state index contributed by atoms with van der Waals surface area (Å²) in [6.07, 6.45) is 6.48. The average Bonchev–Trinajstić information content (AvgIpc) is 3.09. The summed E-state index contributed by atoms with van der Waals surface area (Å²) in [7, 11) is -3.27. The van der Waals surface area contributed by atoms with Crippen molar-refractivity contribution in [3.8, 4) is 22.5 Å². The number of benzene rings is 1. The SMILES string of the molecule is Cc1ncc(-c2nc(N)ncc2-c2ccc(S(C)(=O)=O)cc2)n1C1CCOCC1. The molecule has 0 spiro atoms. The number of nitrogen functional groups attached to an aromatic ring is 1. The minimum absolute atomic E-state index is 0.175. The molecule has 0 bridgehead atoms. The van der Waals surface area contributed by atoms with Crippen LogP contribution in [0.25, 0.3) is 22.5 Å². The molecule has 1 aliphatic rings. The molecule has 152 valence electrons. The molecule has 2 aromatic heterocycles. The number of sulfone groups is 1. The minimum Gasteiger partial charge on any atom is -0.381 e. The van der Waals surface area contributed by atoms with Gasteiger partial charge in [0.1, 0.15) is 11.5 Å². The Kier molecular flexibility index (Phi) is 5.10. The average molecular weight is 414 g/mol. The van der Waals surface area contributed by atoms with Crippen molar-refractivity contribution in [3.63, 3.8) is 0 Å². The van der Waals surface area contributed by atoms with Crippen LogP contribution in [-0.4, -0.2) is 47.4 Å². The van der Waals surface area contributed by atoms with E-state index in [9.17, 15) is 8.42 Å². The molecular formula is C20H23N5O3S. The van der Waals surface area contributed by atoms with Gasteiger partial charge in [-0.2, -0.15) is 0 Å². The summed E-state index contributed by atoms with van der Waals surface area (Å²) < 4.78 is 31.2. The molecule has 0 atom stereocenters. The van der Waals surface area contributed by atoms with Crippen molar-refractivity contribution in [2.45, 2.75) is 30.7 Å². The summed E-state index contributed by atoms with van der Waals surface area (Å²) in [5.41, 5.74) is 9.03. The predicted molar refractivity (Wildman–Crippen MR) is 110 cm³/mol. The van der Waals surface area contributed by atoms with Crippen molar-refractivity contribution in [2.75, 3.05) is 25.2 Å². The molecule has 0 saturated carbocycles. The zero-order valence-corrected chi connectivity index (χ0v) is 17.2. The Morgan fingerprint density at radius 3 is 2.45 bits per heavy atom. The molecule has 29 heavy (non-hydrogen) atoms. The monoisotopic (exact) mass is 413 g/mol. The zero-order chi connectivity index (χ0) is 20.6. The molecule has 1 aliphatic heterocycles. The summed E-state index contributed by atoms with van der Waals surface area (Å²) in [5, 5.41) is 0. The van der Waals surface area contributed by atoms with Crippen molar-refractivity contribution in [1.82, 2.24) is 19.5 Å². The first-order valence-corrected chi connectivity index (χ1v) is 11.3. The van der Waals surface area contributed by atoms with E-state index in [2.05, 4.69) is 19.5 Å². The van der Waals surface area contributed by atoms with Gasteiger partial charge in [-0.15, -0.1) is 0 Å². The molecule has 8 nitrogen and oxygen atoms in total. The van der Waals surface area contributed by atoms with E-state index in [1.807, 2.05) is 6.92 Å². The van der Waals surface area contributed by atoms with Gasteiger partial charge in [0.05, 0.1) is 16.8 Å². The Labute approximate surface area is 169 Å². The second kappa shape index (κ2) is 7.57. The van der Waals surface area contributed by atoms with Gasteiger partial charge in [0.2, 0.25) is 5.95 Å². The molecule has 2 N–H and O–H groups in total. The number of rotatable bonds is 4. The zero-order valence-electron chi connectivity index (χ0n) is 16.4. The number of ether oxygens (including phenoxy) is 1. The highest BCUT2D eigenvalue weighted by atomic mass is 32.2. The lowest BCUT2D eigenvalue weighted by molar-refractivity contribution is 0.0694. The third-order valence-corrected chi connectivity index (χ3v) is 6.31. The molecule has 4 rings (SSSR count). The molecule has 3 heterocycles. The Morgan fingerprint density at radius 2 is 1.79 bits per heavy atom. The number of nitrogens with two attached hydrogens (primary N) is 1. The van der Waals surface area contributed by atoms with Gasteiger partial charge in [-0.3, -0.25) is 0 Å². The molecule has 0 unspecified atom stereocenters. The van der Waals surface area contributed by atoms with Crippen LogP contribution in [0.2, 0.25) is 0 Å². The lowest BCUT2D eigenvalue weighted by atomic mass is 10.0. The maximum absolute atomic E-state index is 11.8. The Bertz CT molecular complexity index is 1130. The Balaban J connectivity index is 1.83. The molecule has 0 amide bonds. The van der Waals surface area contributed by atoms with Crippen LogP contribution in [0.5, 0.6) is 0 Å². The van der Waals surface area contributed by atoms with Crippen LogP contribution < -0.4 is 5.73 Å². The molecule has 9 heteroatoms. The number of hydrogen-bond donors (Lipinski definition) is 1. The summed E-state index contributed by atoms with van der Waals surface area (Å²) in [6.45, 7) is 3.41. The van der Waals surface area contributed by atoms with Crippen molar-refractivity contribution < 1.29 is 13.2 Å². The summed E-state index contributed by atoms with van der Waals surface area (Å²) in [4.78, 5) is 13.5. The standard InChI is InChI=1S/C20H23N5O3S/c1-13-22-12-18(25(13)15-7-9-28-10-8-15)19-17(11-23-20(21)24-19)14-3-5-16(6-4-14)29(2,26)27/h3-6,11-12,15H,7-10H2,1-2H3,(H2,21,23,24). The van der Waals surface area contributed by atoms with Gasteiger partial charge >= 0.3 is 0 Å².